The number of hydrogen-bond acceptors (Lipinski definition) is 3. The van der Waals surface area contributed by atoms with E-state index < -0.39 is 12.0 Å². The molecule has 2 aromatic rings. The summed E-state index contributed by atoms with van der Waals surface area (Å²) in [5.41, 5.74) is 2.05. The van der Waals surface area contributed by atoms with Crippen molar-refractivity contribution in [2.75, 3.05) is 11.9 Å². The first-order chi connectivity index (χ1) is 11.5. The maximum absolute atomic E-state index is 12.2. The highest BCUT2D eigenvalue weighted by Crippen LogP contribution is 2.17. The molecule has 0 radical (unpaired) electrons. The fraction of sp³-hybridized carbons (Fsp3) is 0.263. The van der Waals surface area contributed by atoms with E-state index in [0.717, 1.165) is 5.56 Å². The largest absolute Gasteiger partial charge is 0.378 e. The quantitative estimate of drug-likeness (QED) is 0.857. The van der Waals surface area contributed by atoms with Crippen LogP contribution in [0.3, 0.4) is 0 Å². The zero-order chi connectivity index (χ0) is 17.5. The summed E-state index contributed by atoms with van der Waals surface area (Å²) in [4.78, 5) is 25.4. The van der Waals surface area contributed by atoms with Crippen LogP contribution in [0.2, 0.25) is 0 Å². The van der Waals surface area contributed by atoms with E-state index in [-0.39, 0.29) is 5.91 Å². The second-order valence-corrected chi connectivity index (χ2v) is 5.54. The summed E-state index contributed by atoms with van der Waals surface area (Å²) in [6.07, 6.45) is -1.22. The van der Waals surface area contributed by atoms with E-state index >= 15 is 0 Å². The summed E-state index contributed by atoms with van der Waals surface area (Å²) in [5.74, 6) is -0.483. The van der Waals surface area contributed by atoms with Crippen molar-refractivity contribution in [1.82, 2.24) is 4.90 Å². The third-order valence-corrected chi connectivity index (χ3v) is 3.76. The fourth-order valence-electron chi connectivity index (χ4n) is 2.41. The van der Waals surface area contributed by atoms with E-state index in [4.69, 9.17) is 0 Å². The highest BCUT2D eigenvalue weighted by Gasteiger charge is 2.17. The minimum Gasteiger partial charge on any atom is -0.378 e. The molecule has 0 aliphatic rings. The minimum absolute atomic E-state index is 0.00596. The van der Waals surface area contributed by atoms with Crippen LogP contribution in [0.4, 0.5) is 5.69 Å². The molecule has 0 saturated carbocycles. The third kappa shape index (κ3) is 4.67. The van der Waals surface area contributed by atoms with Crippen molar-refractivity contribution in [3.8, 4) is 0 Å². The SMILES string of the molecule is CCN(Cc1cccc(NC(=O)C(O)c2ccccc2)c1)C(C)=O. The first-order valence-corrected chi connectivity index (χ1v) is 7.89. The van der Waals surface area contributed by atoms with E-state index in [0.29, 0.717) is 24.3 Å². The van der Waals surface area contributed by atoms with E-state index in [9.17, 15) is 14.7 Å². The van der Waals surface area contributed by atoms with Crippen LogP contribution in [-0.2, 0) is 16.1 Å². The third-order valence-electron chi connectivity index (χ3n) is 3.76. The average molecular weight is 326 g/mol. The van der Waals surface area contributed by atoms with Crippen molar-refractivity contribution in [3.05, 3.63) is 65.7 Å². The van der Waals surface area contributed by atoms with Gasteiger partial charge in [-0.1, -0.05) is 42.5 Å². The first kappa shape index (κ1) is 17.7. The Hall–Kier alpha value is -2.66. The first-order valence-electron chi connectivity index (χ1n) is 7.89. The Morgan fingerprint density at radius 3 is 2.46 bits per heavy atom. The van der Waals surface area contributed by atoms with Crippen molar-refractivity contribution >= 4 is 17.5 Å². The lowest BCUT2D eigenvalue weighted by atomic mass is 10.1. The van der Waals surface area contributed by atoms with Crippen LogP contribution in [0.25, 0.3) is 0 Å². The van der Waals surface area contributed by atoms with E-state index in [2.05, 4.69) is 5.32 Å². The van der Waals surface area contributed by atoms with Crippen molar-refractivity contribution in [1.29, 1.82) is 0 Å². The molecule has 24 heavy (non-hydrogen) atoms. The molecule has 0 saturated heterocycles. The molecular weight excluding hydrogens is 304 g/mol. The van der Waals surface area contributed by atoms with Gasteiger partial charge in [-0.25, -0.2) is 0 Å². The number of hydrogen-bond donors (Lipinski definition) is 2. The number of rotatable bonds is 6. The molecule has 2 aromatic carbocycles. The Kier molecular flexibility index (Phi) is 6.09. The van der Waals surface area contributed by atoms with Gasteiger partial charge in [0.1, 0.15) is 0 Å². The Morgan fingerprint density at radius 2 is 1.83 bits per heavy atom. The van der Waals surface area contributed by atoms with Gasteiger partial charge in [0.05, 0.1) is 0 Å². The summed E-state index contributed by atoms with van der Waals surface area (Å²) in [7, 11) is 0. The van der Waals surface area contributed by atoms with Crippen molar-refractivity contribution in [2.45, 2.75) is 26.5 Å². The van der Waals surface area contributed by atoms with Crippen LogP contribution >= 0.6 is 0 Å². The molecule has 0 spiro atoms. The number of carbonyl (C=O) groups is 2. The predicted molar refractivity (Wildman–Crippen MR) is 93.2 cm³/mol. The number of aliphatic hydroxyl groups excluding tert-OH is 1. The van der Waals surface area contributed by atoms with Gasteiger partial charge in [-0.3, -0.25) is 9.59 Å². The van der Waals surface area contributed by atoms with Gasteiger partial charge in [0.15, 0.2) is 6.10 Å². The summed E-state index contributed by atoms with van der Waals surface area (Å²) >= 11 is 0. The number of benzene rings is 2. The predicted octanol–water partition coefficient (Wildman–Crippen LogP) is 2.73. The second kappa shape index (κ2) is 8.26. The highest BCUT2D eigenvalue weighted by molar-refractivity contribution is 5.94. The second-order valence-electron chi connectivity index (χ2n) is 5.54. The zero-order valence-electron chi connectivity index (χ0n) is 13.9. The monoisotopic (exact) mass is 326 g/mol. The molecule has 5 heteroatoms. The fourth-order valence-corrected chi connectivity index (χ4v) is 2.41. The number of anilines is 1. The minimum atomic E-state index is -1.22. The van der Waals surface area contributed by atoms with Crippen LogP contribution in [0.15, 0.2) is 54.6 Å². The molecule has 0 fully saturated rings. The van der Waals surface area contributed by atoms with Crippen LogP contribution in [0.1, 0.15) is 31.1 Å². The van der Waals surface area contributed by atoms with Gasteiger partial charge in [-0.05, 0) is 30.2 Å². The molecule has 5 nitrogen and oxygen atoms in total. The maximum Gasteiger partial charge on any atom is 0.257 e. The summed E-state index contributed by atoms with van der Waals surface area (Å²) < 4.78 is 0. The van der Waals surface area contributed by atoms with Gasteiger partial charge in [-0.2, -0.15) is 0 Å². The summed E-state index contributed by atoms with van der Waals surface area (Å²) in [6, 6.07) is 16.0. The molecule has 0 aliphatic heterocycles. The molecule has 2 N–H and O–H groups in total. The smallest absolute Gasteiger partial charge is 0.257 e. The van der Waals surface area contributed by atoms with Gasteiger partial charge in [-0.15, -0.1) is 0 Å². The summed E-state index contributed by atoms with van der Waals surface area (Å²) in [6.45, 7) is 4.56. The molecule has 1 atom stereocenters. The van der Waals surface area contributed by atoms with Crippen LogP contribution in [0, 0.1) is 0 Å². The topological polar surface area (TPSA) is 69.6 Å². The van der Waals surface area contributed by atoms with E-state index in [1.807, 2.05) is 25.1 Å². The summed E-state index contributed by atoms with van der Waals surface area (Å²) in [5, 5.41) is 12.8. The number of amides is 2. The average Bonchev–Trinajstić information content (AvgIpc) is 2.59. The maximum atomic E-state index is 12.2. The molecule has 1 unspecified atom stereocenters. The number of nitrogens with zero attached hydrogens (tertiary/aromatic N) is 1. The van der Waals surface area contributed by atoms with Crippen molar-refractivity contribution in [2.24, 2.45) is 0 Å². The lowest BCUT2D eigenvalue weighted by Crippen LogP contribution is -2.27. The molecule has 126 valence electrons. The molecule has 0 heterocycles. The number of nitrogens with one attached hydrogen (secondary N) is 1. The van der Waals surface area contributed by atoms with Crippen LogP contribution in [-0.4, -0.2) is 28.4 Å². The van der Waals surface area contributed by atoms with Gasteiger partial charge in [0.25, 0.3) is 5.91 Å². The Morgan fingerprint density at radius 1 is 1.12 bits per heavy atom. The molecule has 0 aliphatic carbocycles. The van der Waals surface area contributed by atoms with Crippen molar-refractivity contribution < 1.29 is 14.7 Å². The number of aliphatic hydroxyl groups is 1. The molecule has 2 rings (SSSR count). The van der Waals surface area contributed by atoms with Gasteiger partial charge in [0, 0.05) is 25.7 Å². The Labute approximate surface area is 141 Å². The van der Waals surface area contributed by atoms with Crippen LogP contribution < -0.4 is 5.32 Å². The van der Waals surface area contributed by atoms with E-state index in [1.54, 1.807) is 41.3 Å². The van der Waals surface area contributed by atoms with E-state index in [1.165, 1.54) is 6.92 Å². The Balaban J connectivity index is 2.06. The van der Waals surface area contributed by atoms with Gasteiger partial charge < -0.3 is 15.3 Å². The lowest BCUT2D eigenvalue weighted by molar-refractivity contribution is -0.129. The zero-order valence-corrected chi connectivity index (χ0v) is 13.9. The Bertz CT molecular complexity index is 701. The van der Waals surface area contributed by atoms with Crippen molar-refractivity contribution in [3.63, 3.8) is 0 Å². The molecule has 0 aromatic heterocycles. The molecule has 2 amide bonds. The number of carbonyl (C=O) groups excluding carboxylic acids is 2. The van der Waals surface area contributed by atoms with Gasteiger partial charge >= 0.3 is 0 Å². The normalized spacial score (nSPS) is 11.6. The van der Waals surface area contributed by atoms with Gasteiger partial charge in [0.2, 0.25) is 5.91 Å². The standard InChI is InChI=1S/C19H22N2O3/c1-3-21(14(2)22)13-15-8-7-11-17(12-15)20-19(24)18(23)16-9-5-4-6-10-16/h4-12,18,23H,3,13H2,1-2H3,(H,20,24). The lowest BCUT2D eigenvalue weighted by Gasteiger charge is -2.19. The highest BCUT2D eigenvalue weighted by atomic mass is 16.3. The molecular formula is C19H22N2O3. The molecule has 0 bridgehead atoms. The van der Waals surface area contributed by atoms with Crippen LogP contribution in [0.5, 0.6) is 0 Å².